The number of carbonyl (C=O) groups is 5. The minimum Gasteiger partial charge on any atom is -0.347 e. The van der Waals surface area contributed by atoms with Crippen LogP contribution in [0.1, 0.15) is 95.6 Å². The Bertz CT molecular complexity index is 2120. The summed E-state index contributed by atoms with van der Waals surface area (Å²) >= 11 is 6.27. The Morgan fingerprint density at radius 1 is 1.04 bits per heavy atom. The van der Waals surface area contributed by atoms with Crippen LogP contribution in [0.25, 0.3) is 16.6 Å². The topological polar surface area (TPSA) is 168 Å². The lowest BCUT2D eigenvalue weighted by atomic mass is 9.85. The minimum atomic E-state index is -1.20. The van der Waals surface area contributed by atoms with E-state index in [1.54, 1.807) is 57.2 Å². The van der Waals surface area contributed by atoms with Gasteiger partial charge in [0.05, 0.1) is 23.8 Å². The van der Waals surface area contributed by atoms with E-state index >= 15 is 0 Å². The molecular weight excluding hydrogens is 724 g/mol. The number of nitrogens with one attached hydrogen (secondary N) is 4. The predicted molar refractivity (Wildman–Crippen MR) is 209 cm³/mol. The zero-order valence-corrected chi connectivity index (χ0v) is 32.8. The summed E-state index contributed by atoms with van der Waals surface area (Å²) in [6.45, 7) is 11.0. The first-order valence-corrected chi connectivity index (χ1v) is 19.2. The molecule has 0 radical (unpaired) electrons. The number of Topliss-reactive ketones (excluding diaryl/α,β-unsaturated/α-hetero) is 1. The number of ketones is 1. The van der Waals surface area contributed by atoms with Gasteiger partial charge in [0.15, 0.2) is 0 Å². The second kappa shape index (κ2) is 15.6. The third-order valence-corrected chi connectivity index (χ3v) is 10.6. The van der Waals surface area contributed by atoms with Crippen molar-refractivity contribution in [3.8, 4) is 0 Å². The zero-order chi connectivity index (χ0) is 39.8. The molecule has 13 nitrogen and oxygen atoms in total. The molecule has 3 aromatic rings. The van der Waals surface area contributed by atoms with Gasteiger partial charge in [0, 0.05) is 40.7 Å². The van der Waals surface area contributed by atoms with Crippen molar-refractivity contribution in [1.82, 2.24) is 30.9 Å². The Hall–Kier alpha value is -5.01. The molecule has 2 aliphatic heterocycles. The standard InChI is InChI=1S/C41H49ClN6O7/c1-7-11-29(34(50)38(53)43-26-16-17-26)44-37(52)32-20-41(19-30(46-55-41)24-12-10-13-25(42)18-24)22-48(32)39(54)35(40(4,5)6)45-36(51)28-21-47(23(2)3)31-15-9-8-14-27(31)33(28)49/h8-10,12-15,18-19,21,23,26,29,32,35,46H,7,11,16-17,20,22H2,1-6H3,(H,43,53)(H,44,52)(H,45,51)/t29-,32-,35+,41+/m0/s1. The van der Waals surface area contributed by atoms with Crippen LogP contribution in [-0.2, 0) is 24.0 Å². The molecule has 1 aliphatic carbocycles. The number of fused-ring (bicyclic) bond motifs is 1. The van der Waals surface area contributed by atoms with Gasteiger partial charge in [0.25, 0.3) is 11.8 Å². The number of hydrogen-bond acceptors (Lipinski definition) is 8. The van der Waals surface area contributed by atoms with Crippen molar-refractivity contribution in [2.75, 3.05) is 6.54 Å². The van der Waals surface area contributed by atoms with Gasteiger partial charge in [-0.1, -0.05) is 70.0 Å². The highest BCUT2D eigenvalue weighted by Gasteiger charge is 2.54. The maximum absolute atomic E-state index is 14.9. The summed E-state index contributed by atoms with van der Waals surface area (Å²) in [6, 6.07) is 10.6. The quantitative estimate of drug-likeness (QED) is 0.196. The van der Waals surface area contributed by atoms with Gasteiger partial charge in [-0.05, 0) is 68.9 Å². The van der Waals surface area contributed by atoms with E-state index in [0.29, 0.717) is 28.0 Å². The second-order valence-electron chi connectivity index (χ2n) is 16.1. The smallest absolute Gasteiger partial charge is 0.289 e. The lowest BCUT2D eigenvalue weighted by molar-refractivity contribution is -0.144. The largest absolute Gasteiger partial charge is 0.347 e. The molecule has 6 rings (SSSR count). The number of para-hydroxylation sites is 1. The van der Waals surface area contributed by atoms with Crippen molar-refractivity contribution in [3.63, 3.8) is 0 Å². The molecule has 0 unspecified atom stereocenters. The summed E-state index contributed by atoms with van der Waals surface area (Å²) in [5, 5.41) is 9.20. The summed E-state index contributed by atoms with van der Waals surface area (Å²) in [5.41, 5.74) is 2.27. The lowest BCUT2D eigenvalue weighted by Gasteiger charge is -2.35. The number of halogens is 1. The van der Waals surface area contributed by atoms with E-state index in [9.17, 15) is 28.8 Å². The van der Waals surface area contributed by atoms with Crippen LogP contribution < -0.4 is 26.9 Å². The molecule has 3 aliphatic rings. The van der Waals surface area contributed by atoms with Crippen LogP contribution in [0.3, 0.4) is 0 Å². The van der Waals surface area contributed by atoms with Crippen LogP contribution in [0.15, 0.2) is 65.6 Å². The third-order valence-electron chi connectivity index (χ3n) is 10.3. The van der Waals surface area contributed by atoms with Crippen LogP contribution >= 0.6 is 11.6 Å². The Kier molecular flexibility index (Phi) is 11.3. The second-order valence-corrected chi connectivity index (χ2v) is 16.6. The SMILES string of the molecule is CCC[C@H](NC(=O)[C@@H]1C[C@]2(C=C(c3cccc(Cl)c3)NO2)CN1C(=O)[C@@H](NC(=O)c1cn(C(C)C)c2ccccc2c1=O)C(C)(C)C)C(=O)C(=O)NC1CC1. The average molecular weight is 773 g/mol. The van der Waals surface area contributed by atoms with E-state index in [1.165, 1.54) is 11.1 Å². The van der Waals surface area contributed by atoms with Crippen molar-refractivity contribution in [2.45, 2.75) is 109 Å². The summed E-state index contributed by atoms with van der Waals surface area (Å²) < 4.78 is 1.84. The van der Waals surface area contributed by atoms with E-state index in [0.717, 1.165) is 18.4 Å². The molecule has 1 aromatic heterocycles. The number of aromatic nitrogens is 1. The Morgan fingerprint density at radius 2 is 1.76 bits per heavy atom. The average Bonchev–Trinajstić information content (AvgIpc) is 3.73. The van der Waals surface area contributed by atoms with Crippen LogP contribution in [0.5, 0.6) is 0 Å². The number of nitrogens with zero attached hydrogens (tertiary/aromatic N) is 2. The number of rotatable bonds is 12. The first kappa shape index (κ1) is 39.7. The van der Waals surface area contributed by atoms with E-state index in [4.69, 9.17) is 16.4 Å². The van der Waals surface area contributed by atoms with E-state index in [1.807, 2.05) is 43.5 Å². The van der Waals surface area contributed by atoms with Crippen LogP contribution in [0, 0.1) is 5.41 Å². The fourth-order valence-electron chi connectivity index (χ4n) is 7.20. The van der Waals surface area contributed by atoms with Gasteiger partial charge in [0.1, 0.15) is 23.2 Å². The Morgan fingerprint density at radius 3 is 2.42 bits per heavy atom. The van der Waals surface area contributed by atoms with Crippen LogP contribution in [0.2, 0.25) is 5.02 Å². The van der Waals surface area contributed by atoms with Crippen molar-refractivity contribution in [2.24, 2.45) is 5.41 Å². The summed E-state index contributed by atoms with van der Waals surface area (Å²) in [4.78, 5) is 90.5. The molecule has 0 bridgehead atoms. The minimum absolute atomic E-state index is 0.00245. The molecule has 2 aromatic carbocycles. The highest BCUT2D eigenvalue weighted by atomic mass is 35.5. The molecule has 1 saturated heterocycles. The maximum Gasteiger partial charge on any atom is 0.289 e. The number of hydrogen-bond donors (Lipinski definition) is 4. The van der Waals surface area contributed by atoms with E-state index in [2.05, 4.69) is 21.4 Å². The number of carbonyl (C=O) groups excluding carboxylic acids is 5. The molecule has 2 fully saturated rings. The molecule has 4 amide bonds. The van der Waals surface area contributed by atoms with Crippen LogP contribution in [0.4, 0.5) is 0 Å². The highest BCUT2D eigenvalue weighted by molar-refractivity contribution is 6.38. The molecule has 55 heavy (non-hydrogen) atoms. The number of hydroxylamine groups is 1. The summed E-state index contributed by atoms with van der Waals surface area (Å²) in [5.74, 6) is -3.46. The lowest BCUT2D eigenvalue weighted by Crippen LogP contribution is -2.59. The van der Waals surface area contributed by atoms with E-state index in [-0.39, 0.29) is 37.0 Å². The molecule has 1 spiro atoms. The number of amides is 4. The van der Waals surface area contributed by atoms with Gasteiger partial charge >= 0.3 is 0 Å². The monoisotopic (exact) mass is 772 g/mol. The van der Waals surface area contributed by atoms with Crippen molar-refractivity contribution >= 4 is 57.6 Å². The van der Waals surface area contributed by atoms with Crippen molar-refractivity contribution < 1.29 is 28.8 Å². The highest BCUT2D eigenvalue weighted by Crippen LogP contribution is 2.39. The van der Waals surface area contributed by atoms with Crippen molar-refractivity contribution in [3.05, 3.63) is 87.2 Å². The van der Waals surface area contributed by atoms with Gasteiger partial charge < -0.3 is 25.4 Å². The van der Waals surface area contributed by atoms with Gasteiger partial charge in [-0.15, -0.1) is 0 Å². The fraction of sp³-hybridized carbons (Fsp3) is 0.463. The van der Waals surface area contributed by atoms with Gasteiger partial charge in [0.2, 0.25) is 23.0 Å². The zero-order valence-electron chi connectivity index (χ0n) is 32.0. The number of likely N-dealkylation sites (tertiary alicyclic amines) is 1. The Balaban J connectivity index is 1.34. The van der Waals surface area contributed by atoms with Crippen LogP contribution in [-0.4, -0.2) is 75.2 Å². The fourth-order valence-corrected chi connectivity index (χ4v) is 7.40. The number of benzene rings is 2. The maximum atomic E-state index is 14.9. The Labute approximate surface area is 325 Å². The normalized spacial score (nSPS) is 20.5. The summed E-state index contributed by atoms with van der Waals surface area (Å²) in [7, 11) is 0. The first-order valence-electron chi connectivity index (χ1n) is 18.8. The van der Waals surface area contributed by atoms with Gasteiger partial charge in [-0.2, -0.15) is 0 Å². The summed E-state index contributed by atoms with van der Waals surface area (Å²) in [6.07, 6.45) is 5.63. The van der Waals surface area contributed by atoms with Gasteiger partial charge in [-0.25, -0.2) is 0 Å². The number of pyridine rings is 1. The predicted octanol–water partition coefficient (Wildman–Crippen LogP) is 4.43. The molecule has 1 saturated carbocycles. The molecule has 292 valence electrons. The molecule has 14 heteroatoms. The van der Waals surface area contributed by atoms with E-state index < -0.39 is 64.0 Å². The molecular formula is C41H49ClN6O7. The molecule has 4 N–H and O–H groups in total. The third kappa shape index (κ3) is 8.47. The molecule has 3 heterocycles. The van der Waals surface area contributed by atoms with Crippen molar-refractivity contribution in [1.29, 1.82) is 0 Å². The van der Waals surface area contributed by atoms with Gasteiger partial charge in [-0.3, -0.25) is 39.1 Å². The molecule has 4 atom stereocenters. The first-order chi connectivity index (χ1) is 26.0.